The lowest BCUT2D eigenvalue weighted by Gasteiger charge is -2.21. The van der Waals surface area contributed by atoms with Crippen LogP contribution >= 0.6 is 0 Å². The Bertz CT molecular complexity index is 677. The Hall–Kier alpha value is -2.28. The number of rotatable bonds is 13. The summed E-state index contributed by atoms with van der Waals surface area (Å²) in [6.07, 6.45) is -0.586. The van der Waals surface area contributed by atoms with Gasteiger partial charge in [0.2, 0.25) is 0 Å². The van der Waals surface area contributed by atoms with Gasteiger partial charge < -0.3 is 24.1 Å². The minimum atomic E-state index is -0.586. The Labute approximate surface area is 167 Å². The number of benzene rings is 2. The molecule has 0 bridgehead atoms. The van der Waals surface area contributed by atoms with Crippen molar-refractivity contribution in [3.8, 4) is 17.2 Å². The molecule has 0 amide bonds. The summed E-state index contributed by atoms with van der Waals surface area (Å²) in [7, 11) is 3.59. The summed E-state index contributed by atoms with van der Waals surface area (Å²) in [5, 5.41) is 10.2. The van der Waals surface area contributed by atoms with Crippen LogP contribution in [0.15, 0.2) is 48.5 Å². The van der Waals surface area contributed by atoms with Crippen molar-refractivity contribution in [3.63, 3.8) is 0 Å². The first-order chi connectivity index (χ1) is 13.6. The average Bonchev–Trinajstić information content (AvgIpc) is 2.71. The number of aliphatic hydroxyl groups is 1. The van der Waals surface area contributed by atoms with Gasteiger partial charge in [-0.05, 0) is 43.8 Å². The van der Waals surface area contributed by atoms with E-state index in [1.807, 2.05) is 56.4 Å². The van der Waals surface area contributed by atoms with Gasteiger partial charge in [0.1, 0.15) is 36.6 Å². The zero-order valence-corrected chi connectivity index (χ0v) is 17.0. The monoisotopic (exact) mass is 389 g/mol. The summed E-state index contributed by atoms with van der Waals surface area (Å²) in [4.78, 5) is 2.06. The third-order valence-corrected chi connectivity index (χ3v) is 4.08. The topological polar surface area (TPSA) is 60.4 Å². The van der Waals surface area contributed by atoms with E-state index in [2.05, 4.69) is 4.90 Å². The molecule has 2 aromatic rings. The smallest absolute Gasteiger partial charge is 0.123 e. The number of ether oxygens (including phenoxy) is 4. The highest BCUT2D eigenvalue weighted by molar-refractivity contribution is 5.32. The molecule has 2 rings (SSSR count). The van der Waals surface area contributed by atoms with Crippen molar-refractivity contribution >= 4 is 0 Å². The number of methoxy groups -OCH3 is 1. The van der Waals surface area contributed by atoms with Crippen molar-refractivity contribution in [1.82, 2.24) is 4.90 Å². The Morgan fingerprint density at radius 3 is 2.43 bits per heavy atom. The minimum Gasteiger partial charge on any atom is -0.497 e. The largest absolute Gasteiger partial charge is 0.497 e. The predicted octanol–water partition coefficient (Wildman–Crippen LogP) is 2.98. The molecule has 0 aliphatic heterocycles. The maximum atomic E-state index is 10.2. The Morgan fingerprint density at radius 2 is 1.71 bits per heavy atom. The zero-order chi connectivity index (χ0) is 20.2. The van der Waals surface area contributed by atoms with E-state index < -0.39 is 6.10 Å². The highest BCUT2D eigenvalue weighted by atomic mass is 16.5. The molecular formula is C22H31NO5. The fourth-order valence-corrected chi connectivity index (χ4v) is 2.73. The molecule has 0 radical (unpaired) electrons. The first-order valence-corrected chi connectivity index (χ1v) is 9.53. The van der Waals surface area contributed by atoms with E-state index >= 15 is 0 Å². The van der Waals surface area contributed by atoms with Crippen molar-refractivity contribution in [3.05, 3.63) is 54.1 Å². The third kappa shape index (κ3) is 8.17. The first-order valence-electron chi connectivity index (χ1n) is 9.53. The van der Waals surface area contributed by atoms with E-state index in [9.17, 15) is 5.11 Å². The van der Waals surface area contributed by atoms with Gasteiger partial charge in [-0.25, -0.2) is 0 Å². The first kappa shape index (κ1) is 22.0. The standard InChI is InChI=1S/C22H31NO5/c1-4-26-12-13-27-20-10-8-18(9-11-20)15-23(2)16-19(24)17-28-22-7-5-6-21(14-22)25-3/h5-11,14,19,24H,4,12-13,15-17H2,1-3H3/t19-/m0/s1. The molecule has 0 aromatic heterocycles. The van der Waals surface area contributed by atoms with Gasteiger partial charge in [-0.2, -0.15) is 0 Å². The predicted molar refractivity (Wildman–Crippen MR) is 109 cm³/mol. The van der Waals surface area contributed by atoms with Gasteiger partial charge in [0.15, 0.2) is 0 Å². The molecule has 6 nitrogen and oxygen atoms in total. The fraction of sp³-hybridized carbons (Fsp3) is 0.455. The highest BCUT2D eigenvalue weighted by Crippen LogP contribution is 2.19. The molecule has 0 saturated heterocycles. The SMILES string of the molecule is CCOCCOc1ccc(CN(C)C[C@H](O)COc2cccc(OC)c2)cc1. The fourth-order valence-electron chi connectivity index (χ4n) is 2.73. The van der Waals surface area contributed by atoms with Gasteiger partial charge in [0.25, 0.3) is 0 Å². The van der Waals surface area contributed by atoms with Crippen molar-refractivity contribution in [1.29, 1.82) is 0 Å². The van der Waals surface area contributed by atoms with Gasteiger partial charge >= 0.3 is 0 Å². The van der Waals surface area contributed by atoms with Gasteiger partial charge in [0, 0.05) is 25.8 Å². The van der Waals surface area contributed by atoms with Crippen LogP contribution in [0.3, 0.4) is 0 Å². The Balaban J connectivity index is 1.71. The van der Waals surface area contributed by atoms with Gasteiger partial charge in [-0.15, -0.1) is 0 Å². The maximum Gasteiger partial charge on any atom is 0.123 e. The zero-order valence-electron chi connectivity index (χ0n) is 17.0. The van der Waals surface area contributed by atoms with Crippen LogP contribution in [0.5, 0.6) is 17.2 Å². The van der Waals surface area contributed by atoms with Crippen LogP contribution < -0.4 is 14.2 Å². The van der Waals surface area contributed by atoms with E-state index in [0.29, 0.717) is 32.1 Å². The Kier molecular flexibility index (Phi) is 9.62. The molecule has 28 heavy (non-hydrogen) atoms. The van der Waals surface area contributed by atoms with E-state index in [1.165, 1.54) is 0 Å². The summed E-state index contributed by atoms with van der Waals surface area (Å²) in [5.41, 5.74) is 1.15. The maximum absolute atomic E-state index is 10.2. The van der Waals surface area contributed by atoms with Gasteiger partial charge in [-0.3, -0.25) is 4.90 Å². The summed E-state index contributed by atoms with van der Waals surface area (Å²) in [5.74, 6) is 2.24. The summed E-state index contributed by atoms with van der Waals surface area (Å²) >= 11 is 0. The van der Waals surface area contributed by atoms with Gasteiger partial charge in [0.05, 0.1) is 13.7 Å². The van der Waals surface area contributed by atoms with E-state index in [0.717, 1.165) is 23.6 Å². The second-order valence-electron chi connectivity index (χ2n) is 6.53. The number of aliphatic hydroxyl groups excluding tert-OH is 1. The lowest BCUT2D eigenvalue weighted by molar-refractivity contribution is 0.0743. The molecule has 154 valence electrons. The lowest BCUT2D eigenvalue weighted by Crippen LogP contribution is -2.32. The van der Waals surface area contributed by atoms with Crippen molar-refractivity contribution in [2.45, 2.75) is 19.6 Å². The third-order valence-electron chi connectivity index (χ3n) is 4.08. The van der Waals surface area contributed by atoms with Crippen LogP contribution in [0.4, 0.5) is 0 Å². The second kappa shape index (κ2) is 12.2. The van der Waals surface area contributed by atoms with Crippen LogP contribution in [-0.2, 0) is 11.3 Å². The molecule has 1 N–H and O–H groups in total. The molecule has 2 aromatic carbocycles. The molecule has 0 fully saturated rings. The lowest BCUT2D eigenvalue weighted by atomic mass is 10.2. The summed E-state index contributed by atoms with van der Waals surface area (Å²) in [6.45, 7) is 5.28. The molecule has 0 aliphatic rings. The molecule has 0 aliphatic carbocycles. The van der Waals surface area contributed by atoms with Crippen LogP contribution in [0, 0.1) is 0 Å². The molecule has 0 spiro atoms. The second-order valence-corrected chi connectivity index (χ2v) is 6.53. The van der Waals surface area contributed by atoms with Crippen molar-refractivity contribution in [2.75, 3.05) is 47.1 Å². The van der Waals surface area contributed by atoms with Crippen molar-refractivity contribution < 1.29 is 24.1 Å². The molecule has 0 saturated carbocycles. The van der Waals surface area contributed by atoms with Crippen LogP contribution in [-0.4, -0.2) is 63.2 Å². The number of nitrogens with zero attached hydrogens (tertiary/aromatic N) is 1. The molecular weight excluding hydrogens is 358 g/mol. The van der Waals surface area contributed by atoms with Crippen LogP contribution in [0.1, 0.15) is 12.5 Å². The van der Waals surface area contributed by atoms with E-state index in [1.54, 1.807) is 13.2 Å². The van der Waals surface area contributed by atoms with E-state index in [-0.39, 0.29) is 6.61 Å². The average molecular weight is 389 g/mol. The Morgan fingerprint density at radius 1 is 0.964 bits per heavy atom. The van der Waals surface area contributed by atoms with Crippen molar-refractivity contribution in [2.24, 2.45) is 0 Å². The quantitative estimate of drug-likeness (QED) is 0.532. The number of hydrogen-bond acceptors (Lipinski definition) is 6. The van der Waals surface area contributed by atoms with Crippen LogP contribution in [0.2, 0.25) is 0 Å². The number of likely N-dealkylation sites (N-methyl/N-ethyl adjacent to an activating group) is 1. The summed E-state index contributed by atoms with van der Waals surface area (Å²) in [6, 6.07) is 15.3. The normalized spacial score (nSPS) is 12.0. The molecule has 1 atom stereocenters. The minimum absolute atomic E-state index is 0.226. The molecule has 0 unspecified atom stereocenters. The highest BCUT2D eigenvalue weighted by Gasteiger charge is 2.10. The van der Waals surface area contributed by atoms with Crippen LogP contribution in [0.25, 0.3) is 0 Å². The summed E-state index contributed by atoms with van der Waals surface area (Å²) < 4.78 is 21.7. The molecule has 0 heterocycles. The molecule has 6 heteroatoms. The van der Waals surface area contributed by atoms with E-state index in [4.69, 9.17) is 18.9 Å². The number of hydrogen-bond donors (Lipinski definition) is 1. The van der Waals surface area contributed by atoms with Gasteiger partial charge in [-0.1, -0.05) is 18.2 Å².